The van der Waals surface area contributed by atoms with Crippen molar-refractivity contribution < 1.29 is 13.2 Å². The zero-order chi connectivity index (χ0) is 25.3. The Morgan fingerprint density at radius 2 is 1.94 bits per heavy atom. The van der Waals surface area contributed by atoms with Crippen LogP contribution < -0.4 is 16.0 Å². The smallest absolute Gasteiger partial charge is 0.253 e. The second-order valence-corrected chi connectivity index (χ2v) is 10.8. The lowest BCUT2D eigenvalue weighted by atomic mass is 10.2. The summed E-state index contributed by atoms with van der Waals surface area (Å²) in [7, 11) is -3.46. The number of rotatable bonds is 6. The number of nitrogens with one attached hydrogen (secondary N) is 1. The van der Waals surface area contributed by atoms with Gasteiger partial charge in [0.05, 0.1) is 39.6 Å². The maximum absolute atomic E-state index is 12.6. The van der Waals surface area contributed by atoms with Gasteiger partial charge in [-0.15, -0.1) is 0 Å². The summed E-state index contributed by atoms with van der Waals surface area (Å²) >= 11 is 0. The number of fused-ring (bicyclic) bond motifs is 1. The van der Waals surface area contributed by atoms with Gasteiger partial charge in [-0.25, -0.2) is 18.4 Å². The van der Waals surface area contributed by atoms with E-state index in [-0.39, 0.29) is 23.0 Å². The molecule has 5 heterocycles. The molecule has 1 saturated heterocycles. The molecule has 1 aliphatic rings. The number of sulfone groups is 1. The number of aromatic nitrogens is 4. The molecule has 1 amide bonds. The standard InChI is InChI=1S/C25H25N7O3S/c1-36(34,35)20-9-17(11-27-14-20)25(33)29-13-19-10-23-16(12-28-19)5-6-22(30-23)21-3-2-4-24(31-21)32-8-7-18(26)15-32/h2-6,9-12,14,18H,7-8,13,15,26H2,1H3,(H,29,33). The molecule has 4 aromatic heterocycles. The van der Waals surface area contributed by atoms with E-state index in [2.05, 4.69) is 20.2 Å². The second-order valence-electron chi connectivity index (χ2n) is 8.80. The average molecular weight is 504 g/mol. The van der Waals surface area contributed by atoms with E-state index < -0.39 is 15.7 Å². The normalized spacial score (nSPS) is 15.8. The predicted octanol–water partition coefficient (Wildman–Crippen LogP) is 1.96. The van der Waals surface area contributed by atoms with E-state index in [4.69, 9.17) is 15.7 Å². The van der Waals surface area contributed by atoms with Crippen LogP contribution in [0.5, 0.6) is 0 Å². The van der Waals surface area contributed by atoms with Gasteiger partial charge in [0.2, 0.25) is 0 Å². The van der Waals surface area contributed by atoms with Crippen LogP contribution in [-0.2, 0) is 16.4 Å². The van der Waals surface area contributed by atoms with Crippen LogP contribution >= 0.6 is 0 Å². The van der Waals surface area contributed by atoms with Gasteiger partial charge in [-0.05, 0) is 42.8 Å². The Labute approximate surface area is 208 Å². The van der Waals surface area contributed by atoms with Crippen LogP contribution in [0.15, 0.2) is 66.0 Å². The van der Waals surface area contributed by atoms with Crippen LogP contribution in [-0.4, -0.2) is 59.6 Å². The summed E-state index contributed by atoms with van der Waals surface area (Å²) in [6.07, 6.45) is 6.26. The highest BCUT2D eigenvalue weighted by Gasteiger charge is 2.20. The first-order valence-electron chi connectivity index (χ1n) is 11.4. The van der Waals surface area contributed by atoms with Gasteiger partial charge >= 0.3 is 0 Å². The monoisotopic (exact) mass is 503 g/mol. The fourth-order valence-corrected chi connectivity index (χ4v) is 4.65. The summed E-state index contributed by atoms with van der Waals surface area (Å²) in [5.41, 5.74) is 9.04. The van der Waals surface area contributed by atoms with Crippen LogP contribution in [0, 0.1) is 0 Å². The molecule has 1 fully saturated rings. The topological polar surface area (TPSA) is 144 Å². The minimum Gasteiger partial charge on any atom is -0.355 e. The van der Waals surface area contributed by atoms with Crippen molar-refractivity contribution in [2.75, 3.05) is 24.2 Å². The summed E-state index contributed by atoms with van der Waals surface area (Å²) in [5.74, 6) is 0.439. The molecule has 4 aromatic rings. The molecule has 0 radical (unpaired) electrons. The first kappa shape index (κ1) is 23.8. The van der Waals surface area contributed by atoms with Crippen molar-refractivity contribution in [3.05, 3.63) is 72.3 Å². The van der Waals surface area contributed by atoms with Gasteiger partial charge in [0, 0.05) is 49.4 Å². The molecule has 184 valence electrons. The highest BCUT2D eigenvalue weighted by molar-refractivity contribution is 7.90. The number of carbonyl (C=O) groups excluding carboxylic acids is 1. The van der Waals surface area contributed by atoms with Crippen LogP contribution in [0.4, 0.5) is 5.82 Å². The van der Waals surface area contributed by atoms with E-state index in [1.807, 2.05) is 36.4 Å². The van der Waals surface area contributed by atoms with Crippen molar-refractivity contribution in [2.24, 2.45) is 5.73 Å². The SMILES string of the molecule is CS(=O)(=O)c1cncc(C(=O)NCc2cc3nc(-c4cccc(N5CCC(N)C5)n4)ccc3cn2)c1. The third-order valence-electron chi connectivity index (χ3n) is 6.01. The van der Waals surface area contributed by atoms with Gasteiger partial charge in [0.25, 0.3) is 5.91 Å². The van der Waals surface area contributed by atoms with Crippen LogP contribution in [0.3, 0.4) is 0 Å². The number of nitrogens with two attached hydrogens (primary N) is 1. The highest BCUT2D eigenvalue weighted by atomic mass is 32.2. The Kier molecular flexibility index (Phi) is 6.33. The minimum absolute atomic E-state index is 0.0130. The molecule has 1 unspecified atom stereocenters. The highest BCUT2D eigenvalue weighted by Crippen LogP contribution is 2.24. The first-order chi connectivity index (χ1) is 17.3. The molecule has 10 nitrogen and oxygen atoms in total. The molecule has 0 bridgehead atoms. The quantitative estimate of drug-likeness (QED) is 0.403. The van der Waals surface area contributed by atoms with Crippen molar-refractivity contribution >= 4 is 32.5 Å². The van der Waals surface area contributed by atoms with E-state index in [0.29, 0.717) is 5.69 Å². The first-order valence-corrected chi connectivity index (χ1v) is 13.3. The fourth-order valence-electron chi connectivity index (χ4n) is 4.05. The predicted molar refractivity (Wildman–Crippen MR) is 136 cm³/mol. The summed E-state index contributed by atoms with van der Waals surface area (Å²) in [5, 5.41) is 3.62. The molecular formula is C25H25N7O3S. The molecule has 1 atom stereocenters. The molecule has 0 aromatic carbocycles. The molecular weight excluding hydrogens is 478 g/mol. The molecule has 3 N–H and O–H groups in total. The third-order valence-corrected chi connectivity index (χ3v) is 7.09. The maximum atomic E-state index is 12.6. The van der Waals surface area contributed by atoms with E-state index in [0.717, 1.165) is 53.9 Å². The maximum Gasteiger partial charge on any atom is 0.253 e. The third kappa shape index (κ3) is 5.16. The fraction of sp³-hybridized carbons (Fsp3) is 0.240. The molecule has 0 spiro atoms. The lowest BCUT2D eigenvalue weighted by Gasteiger charge is -2.17. The zero-order valence-electron chi connectivity index (χ0n) is 19.6. The van der Waals surface area contributed by atoms with Crippen molar-refractivity contribution in [1.82, 2.24) is 25.3 Å². The van der Waals surface area contributed by atoms with Gasteiger partial charge in [0.15, 0.2) is 9.84 Å². The molecule has 0 saturated carbocycles. The number of amides is 1. The molecule has 0 aliphatic carbocycles. The number of hydrogen-bond acceptors (Lipinski definition) is 9. The number of hydrogen-bond donors (Lipinski definition) is 2. The summed E-state index contributed by atoms with van der Waals surface area (Å²) in [6.45, 7) is 1.82. The van der Waals surface area contributed by atoms with Gasteiger partial charge in [-0.2, -0.15) is 0 Å². The van der Waals surface area contributed by atoms with Gasteiger partial charge in [-0.1, -0.05) is 6.07 Å². The van der Waals surface area contributed by atoms with Crippen molar-refractivity contribution in [3.63, 3.8) is 0 Å². The number of anilines is 1. The largest absolute Gasteiger partial charge is 0.355 e. The van der Waals surface area contributed by atoms with Crippen molar-refractivity contribution in [1.29, 1.82) is 0 Å². The molecule has 11 heteroatoms. The van der Waals surface area contributed by atoms with Crippen LogP contribution in [0.1, 0.15) is 22.5 Å². The van der Waals surface area contributed by atoms with Gasteiger partial charge in [-0.3, -0.25) is 14.8 Å². The lowest BCUT2D eigenvalue weighted by Crippen LogP contribution is -2.26. The van der Waals surface area contributed by atoms with Gasteiger partial charge < -0.3 is 16.0 Å². The van der Waals surface area contributed by atoms with E-state index >= 15 is 0 Å². The number of pyridine rings is 4. The van der Waals surface area contributed by atoms with E-state index in [1.54, 1.807) is 6.20 Å². The minimum atomic E-state index is -3.46. The molecule has 1 aliphatic heterocycles. The molecule has 36 heavy (non-hydrogen) atoms. The number of carbonyl (C=O) groups is 1. The van der Waals surface area contributed by atoms with Crippen LogP contribution in [0.25, 0.3) is 22.3 Å². The summed E-state index contributed by atoms with van der Waals surface area (Å²) < 4.78 is 23.5. The Hall–Kier alpha value is -3.96. The Balaban J connectivity index is 1.34. The Morgan fingerprint density at radius 3 is 2.72 bits per heavy atom. The van der Waals surface area contributed by atoms with Crippen molar-refractivity contribution in [2.45, 2.75) is 23.9 Å². The lowest BCUT2D eigenvalue weighted by molar-refractivity contribution is 0.0950. The summed E-state index contributed by atoms with van der Waals surface area (Å²) in [6, 6.07) is 13.0. The van der Waals surface area contributed by atoms with E-state index in [9.17, 15) is 13.2 Å². The zero-order valence-corrected chi connectivity index (χ0v) is 20.4. The summed E-state index contributed by atoms with van der Waals surface area (Å²) in [4.78, 5) is 32.6. The van der Waals surface area contributed by atoms with E-state index in [1.165, 1.54) is 18.5 Å². The molecule has 5 rings (SSSR count). The second kappa shape index (κ2) is 9.59. The number of nitrogens with zero attached hydrogens (tertiary/aromatic N) is 5. The van der Waals surface area contributed by atoms with Crippen LogP contribution in [0.2, 0.25) is 0 Å². The Morgan fingerprint density at radius 1 is 1.11 bits per heavy atom. The van der Waals surface area contributed by atoms with Crippen molar-refractivity contribution in [3.8, 4) is 11.4 Å². The van der Waals surface area contributed by atoms with Gasteiger partial charge in [0.1, 0.15) is 5.82 Å². The Bertz CT molecular complexity index is 1560. The average Bonchev–Trinajstić information content (AvgIpc) is 3.32.